The summed E-state index contributed by atoms with van der Waals surface area (Å²) in [5, 5.41) is 14.0. The van der Waals surface area contributed by atoms with Gasteiger partial charge in [0, 0.05) is 5.38 Å². The maximum absolute atomic E-state index is 11.9. The van der Waals surface area contributed by atoms with Crippen LogP contribution in [0.2, 0.25) is 0 Å². The molecular formula is C13H12N2O3S. The highest BCUT2D eigenvalue weighted by atomic mass is 32.1. The van der Waals surface area contributed by atoms with Crippen LogP contribution in [0.1, 0.15) is 27.1 Å². The SMILES string of the molecule is Cc1nc(C(=O)NC(C(=O)O)c2ccccc2)cs1. The Hall–Kier alpha value is -2.21. The van der Waals surface area contributed by atoms with Crippen molar-refractivity contribution in [2.24, 2.45) is 0 Å². The van der Waals surface area contributed by atoms with Gasteiger partial charge >= 0.3 is 5.97 Å². The number of nitrogens with zero attached hydrogens (tertiary/aromatic N) is 1. The van der Waals surface area contributed by atoms with Crippen molar-refractivity contribution in [2.75, 3.05) is 0 Å². The van der Waals surface area contributed by atoms with Crippen LogP contribution in [-0.2, 0) is 4.79 Å². The number of hydrogen-bond acceptors (Lipinski definition) is 4. The lowest BCUT2D eigenvalue weighted by molar-refractivity contribution is -0.139. The van der Waals surface area contributed by atoms with Crippen LogP contribution >= 0.6 is 11.3 Å². The summed E-state index contributed by atoms with van der Waals surface area (Å²) in [6.45, 7) is 1.79. The van der Waals surface area contributed by atoms with Crippen molar-refractivity contribution in [3.05, 3.63) is 52.0 Å². The predicted octanol–water partition coefficient (Wildman–Crippen LogP) is 2.01. The van der Waals surface area contributed by atoms with E-state index in [-0.39, 0.29) is 5.69 Å². The fraction of sp³-hybridized carbons (Fsp3) is 0.154. The zero-order chi connectivity index (χ0) is 13.8. The molecule has 2 N–H and O–H groups in total. The summed E-state index contributed by atoms with van der Waals surface area (Å²) in [6.07, 6.45) is 0. The summed E-state index contributed by atoms with van der Waals surface area (Å²) in [6, 6.07) is 7.48. The minimum absolute atomic E-state index is 0.240. The van der Waals surface area contributed by atoms with Gasteiger partial charge < -0.3 is 10.4 Å². The summed E-state index contributed by atoms with van der Waals surface area (Å²) in [5.74, 6) is -1.59. The summed E-state index contributed by atoms with van der Waals surface area (Å²) >= 11 is 1.34. The van der Waals surface area contributed by atoms with Gasteiger partial charge in [0.25, 0.3) is 5.91 Å². The maximum Gasteiger partial charge on any atom is 0.330 e. The molecule has 0 fully saturated rings. The van der Waals surface area contributed by atoms with E-state index < -0.39 is 17.9 Å². The normalized spacial score (nSPS) is 11.8. The molecule has 0 aliphatic rings. The van der Waals surface area contributed by atoms with Gasteiger partial charge in [-0.15, -0.1) is 11.3 Å². The Balaban J connectivity index is 2.18. The Kier molecular flexibility index (Phi) is 3.91. The molecule has 1 aromatic heterocycles. The highest BCUT2D eigenvalue weighted by molar-refractivity contribution is 7.09. The zero-order valence-electron chi connectivity index (χ0n) is 10.2. The molecule has 19 heavy (non-hydrogen) atoms. The molecule has 5 nitrogen and oxygen atoms in total. The second-order valence-electron chi connectivity index (χ2n) is 3.91. The largest absolute Gasteiger partial charge is 0.479 e. The first-order valence-corrected chi connectivity index (χ1v) is 6.46. The maximum atomic E-state index is 11.9. The number of rotatable bonds is 4. The van der Waals surface area contributed by atoms with Crippen molar-refractivity contribution >= 4 is 23.2 Å². The Labute approximate surface area is 113 Å². The molecule has 2 rings (SSSR count). The second kappa shape index (κ2) is 5.62. The van der Waals surface area contributed by atoms with Crippen molar-refractivity contribution in [3.8, 4) is 0 Å². The number of amides is 1. The number of carbonyl (C=O) groups excluding carboxylic acids is 1. The zero-order valence-corrected chi connectivity index (χ0v) is 11.0. The van der Waals surface area contributed by atoms with Gasteiger partial charge in [0.2, 0.25) is 0 Å². The molecule has 0 bridgehead atoms. The van der Waals surface area contributed by atoms with Gasteiger partial charge in [0.15, 0.2) is 6.04 Å². The Bertz CT molecular complexity index is 595. The van der Waals surface area contributed by atoms with Crippen LogP contribution in [-0.4, -0.2) is 22.0 Å². The van der Waals surface area contributed by atoms with Gasteiger partial charge in [-0.25, -0.2) is 9.78 Å². The average molecular weight is 276 g/mol. The number of aromatic nitrogens is 1. The monoisotopic (exact) mass is 276 g/mol. The molecule has 0 saturated heterocycles. The Morgan fingerprint density at radius 3 is 2.53 bits per heavy atom. The minimum atomic E-state index is -1.11. The van der Waals surface area contributed by atoms with Crippen molar-refractivity contribution in [1.29, 1.82) is 0 Å². The van der Waals surface area contributed by atoms with E-state index in [0.717, 1.165) is 5.01 Å². The van der Waals surface area contributed by atoms with E-state index in [0.29, 0.717) is 5.56 Å². The van der Waals surface area contributed by atoms with Gasteiger partial charge in [-0.2, -0.15) is 0 Å². The fourth-order valence-corrected chi connectivity index (χ4v) is 2.20. The third-order valence-corrected chi connectivity index (χ3v) is 3.28. The number of carbonyl (C=O) groups is 2. The highest BCUT2D eigenvalue weighted by Gasteiger charge is 2.23. The summed E-state index contributed by atoms with van der Waals surface area (Å²) in [7, 11) is 0. The molecule has 0 saturated carbocycles. The molecule has 0 aliphatic heterocycles. The fourth-order valence-electron chi connectivity index (χ4n) is 1.61. The number of aliphatic carboxylic acids is 1. The van der Waals surface area contributed by atoms with Crippen LogP contribution in [0.4, 0.5) is 0 Å². The van der Waals surface area contributed by atoms with Crippen molar-refractivity contribution in [2.45, 2.75) is 13.0 Å². The van der Waals surface area contributed by atoms with E-state index in [1.165, 1.54) is 11.3 Å². The number of carboxylic acids is 1. The van der Waals surface area contributed by atoms with Crippen LogP contribution in [0.3, 0.4) is 0 Å². The van der Waals surface area contributed by atoms with Crippen LogP contribution in [0, 0.1) is 6.92 Å². The Morgan fingerprint density at radius 1 is 1.32 bits per heavy atom. The smallest absolute Gasteiger partial charge is 0.330 e. The van der Waals surface area contributed by atoms with Crippen molar-refractivity contribution in [3.63, 3.8) is 0 Å². The van der Waals surface area contributed by atoms with E-state index >= 15 is 0 Å². The predicted molar refractivity (Wildman–Crippen MR) is 71.1 cm³/mol. The third-order valence-electron chi connectivity index (χ3n) is 2.51. The van der Waals surface area contributed by atoms with Crippen LogP contribution in [0.25, 0.3) is 0 Å². The lowest BCUT2D eigenvalue weighted by atomic mass is 10.1. The van der Waals surface area contributed by atoms with E-state index in [2.05, 4.69) is 10.3 Å². The molecule has 6 heteroatoms. The molecular weight excluding hydrogens is 264 g/mol. The molecule has 98 valence electrons. The Morgan fingerprint density at radius 2 is 2.00 bits per heavy atom. The molecule has 0 radical (unpaired) electrons. The highest BCUT2D eigenvalue weighted by Crippen LogP contribution is 2.14. The minimum Gasteiger partial charge on any atom is -0.479 e. The number of thiazole rings is 1. The summed E-state index contributed by atoms with van der Waals surface area (Å²) < 4.78 is 0. The first-order chi connectivity index (χ1) is 9.08. The molecule has 1 amide bonds. The second-order valence-corrected chi connectivity index (χ2v) is 4.97. The van der Waals surface area contributed by atoms with Crippen LogP contribution < -0.4 is 5.32 Å². The first kappa shape index (κ1) is 13.2. The van der Waals surface area contributed by atoms with Gasteiger partial charge in [-0.1, -0.05) is 30.3 Å². The molecule has 1 aromatic carbocycles. The molecule has 1 unspecified atom stereocenters. The third kappa shape index (κ3) is 3.17. The molecule has 1 atom stereocenters. The summed E-state index contributed by atoms with van der Waals surface area (Å²) in [4.78, 5) is 27.2. The van der Waals surface area contributed by atoms with E-state index in [4.69, 9.17) is 0 Å². The first-order valence-electron chi connectivity index (χ1n) is 5.58. The van der Waals surface area contributed by atoms with Crippen molar-refractivity contribution in [1.82, 2.24) is 10.3 Å². The molecule has 1 heterocycles. The molecule has 2 aromatic rings. The van der Waals surface area contributed by atoms with E-state index in [1.54, 1.807) is 42.6 Å². The number of hydrogen-bond donors (Lipinski definition) is 2. The van der Waals surface area contributed by atoms with Crippen LogP contribution in [0.15, 0.2) is 35.7 Å². The standard InChI is InChI=1S/C13H12N2O3S/c1-8-14-10(7-19-8)12(16)15-11(13(17)18)9-5-3-2-4-6-9/h2-7,11H,1H3,(H,15,16)(H,17,18). The quantitative estimate of drug-likeness (QED) is 0.895. The van der Waals surface area contributed by atoms with E-state index in [9.17, 15) is 14.7 Å². The van der Waals surface area contributed by atoms with Gasteiger partial charge in [0.1, 0.15) is 5.69 Å². The number of nitrogens with one attached hydrogen (secondary N) is 1. The lowest BCUT2D eigenvalue weighted by Gasteiger charge is -2.13. The average Bonchev–Trinajstić information content (AvgIpc) is 2.83. The van der Waals surface area contributed by atoms with Crippen molar-refractivity contribution < 1.29 is 14.7 Å². The van der Waals surface area contributed by atoms with Crippen LogP contribution in [0.5, 0.6) is 0 Å². The van der Waals surface area contributed by atoms with E-state index in [1.807, 2.05) is 0 Å². The van der Waals surface area contributed by atoms with Gasteiger partial charge in [-0.3, -0.25) is 4.79 Å². The number of aryl methyl sites for hydroxylation is 1. The number of carboxylic acid groups (broad SMARTS) is 1. The van der Waals surface area contributed by atoms with Gasteiger partial charge in [0.05, 0.1) is 5.01 Å². The van der Waals surface area contributed by atoms with Gasteiger partial charge in [-0.05, 0) is 12.5 Å². The topological polar surface area (TPSA) is 79.3 Å². The summed E-state index contributed by atoms with van der Waals surface area (Å²) in [5.41, 5.74) is 0.764. The molecule has 0 spiro atoms. The number of benzene rings is 1. The molecule has 0 aliphatic carbocycles. The lowest BCUT2D eigenvalue weighted by Crippen LogP contribution is -2.33.